The van der Waals surface area contributed by atoms with Gasteiger partial charge in [0.15, 0.2) is 6.10 Å². The van der Waals surface area contributed by atoms with Crippen LogP contribution >= 0.6 is 0 Å². The minimum Gasteiger partial charge on any atom is -0.497 e. The van der Waals surface area contributed by atoms with Crippen LogP contribution in [-0.2, 0) is 4.74 Å². The summed E-state index contributed by atoms with van der Waals surface area (Å²) in [4.78, 5) is 24.4. The molecular weight excluding hydrogens is 296 g/mol. The third kappa shape index (κ3) is 4.10. The molecule has 0 N–H and O–H groups in total. The summed E-state index contributed by atoms with van der Waals surface area (Å²) in [6.45, 7) is 1.55. The Labute approximate surface area is 134 Å². The van der Waals surface area contributed by atoms with Crippen molar-refractivity contribution in [3.05, 3.63) is 59.7 Å². The fourth-order valence-corrected chi connectivity index (χ4v) is 2.02. The van der Waals surface area contributed by atoms with Crippen molar-refractivity contribution >= 4 is 11.8 Å². The van der Waals surface area contributed by atoms with Gasteiger partial charge in [0, 0.05) is 5.56 Å². The van der Waals surface area contributed by atoms with Gasteiger partial charge >= 0.3 is 5.97 Å². The molecular formula is C18H18O5. The summed E-state index contributed by atoms with van der Waals surface area (Å²) in [5.74, 6) is 0.360. The highest BCUT2D eigenvalue weighted by molar-refractivity contribution is 6.01. The van der Waals surface area contributed by atoms with E-state index in [-0.39, 0.29) is 5.78 Å². The Morgan fingerprint density at radius 3 is 2.13 bits per heavy atom. The first-order valence-electron chi connectivity index (χ1n) is 7.08. The van der Waals surface area contributed by atoms with Gasteiger partial charge in [-0.1, -0.05) is 6.07 Å². The molecule has 0 radical (unpaired) electrons. The molecule has 0 saturated heterocycles. The van der Waals surface area contributed by atoms with Gasteiger partial charge in [0.05, 0.1) is 19.8 Å². The molecule has 0 fully saturated rings. The Morgan fingerprint density at radius 2 is 1.52 bits per heavy atom. The van der Waals surface area contributed by atoms with Gasteiger partial charge in [0.1, 0.15) is 11.5 Å². The predicted octanol–water partition coefficient (Wildman–Crippen LogP) is 3.13. The molecule has 0 saturated carbocycles. The highest BCUT2D eigenvalue weighted by Crippen LogP contribution is 2.16. The molecule has 2 rings (SSSR count). The molecule has 5 heteroatoms. The Hall–Kier alpha value is -2.82. The van der Waals surface area contributed by atoms with Crippen LogP contribution in [0.3, 0.4) is 0 Å². The van der Waals surface area contributed by atoms with Gasteiger partial charge < -0.3 is 14.2 Å². The number of ketones is 1. The number of hydrogen-bond acceptors (Lipinski definition) is 5. The monoisotopic (exact) mass is 314 g/mol. The van der Waals surface area contributed by atoms with Gasteiger partial charge in [0.25, 0.3) is 0 Å². The first kappa shape index (κ1) is 16.5. The van der Waals surface area contributed by atoms with E-state index in [2.05, 4.69) is 0 Å². The van der Waals surface area contributed by atoms with E-state index in [9.17, 15) is 9.59 Å². The fourth-order valence-electron chi connectivity index (χ4n) is 2.02. The van der Waals surface area contributed by atoms with Crippen molar-refractivity contribution in [2.45, 2.75) is 13.0 Å². The molecule has 120 valence electrons. The van der Waals surface area contributed by atoms with Crippen molar-refractivity contribution in [3.63, 3.8) is 0 Å². The number of Topliss-reactive ketones (excluding diaryl/α,β-unsaturated/α-hetero) is 1. The smallest absolute Gasteiger partial charge is 0.338 e. The molecule has 0 bridgehead atoms. The van der Waals surface area contributed by atoms with Crippen molar-refractivity contribution in [1.29, 1.82) is 0 Å². The minimum absolute atomic E-state index is 0.274. The third-order valence-electron chi connectivity index (χ3n) is 3.33. The molecule has 23 heavy (non-hydrogen) atoms. The maximum absolute atomic E-state index is 12.3. The maximum atomic E-state index is 12.3. The molecule has 0 spiro atoms. The van der Waals surface area contributed by atoms with Gasteiger partial charge in [-0.15, -0.1) is 0 Å². The summed E-state index contributed by atoms with van der Waals surface area (Å²) in [5.41, 5.74) is 0.787. The summed E-state index contributed by atoms with van der Waals surface area (Å²) in [5, 5.41) is 0. The van der Waals surface area contributed by atoms with E-state index in [0.717, 1.165) is 0 Å². The molecule has 5 nitrogen and oxygen atoms in total. The Kier molecular flexibility index (Phi) is 5.36. The summed E-state index contributed by atoms with van der Waals surface area (Å²) in [6.07, 6.45) is -0.887. The minimum atomic E-state index is -0.887. The van der Waals surface area contributed by atoms with Crippen LogP contribution in [0.15, 0.2) is 48.5 Å². The summed E-state index contributed by atoms with van der Waals surface area (Å²) < 4.78 is 15.3. The number of benzene rings is 2. The zero-order valence-electron chi connectivity index (χ0n) is 13.2. The summed E-state index contributed by atoms with van der Waals surface area (Å²) >= 11 is 0. The maximum Gasteiger partial charge on any atom is 0.338 e. The fraction of sp³-hybridized carbons (Fsp3) is 0.222. The molecule has 0 heterocycles. The SMILES string of the molecule is COc1ccc(C(=O)[C@H](C)OC(=O)c2cccc(OC)c2)cc1. The Morgan fingerprint density at radius 1 is 0.870 bits per heavy atom. The largest absolute Gasteiger partial charge is 0.497 e. The standard InChI is InChI=1S/C18H18O5/c1-12(17(19)13-7-9-15(21-2)10-8-13)23-18(20)14-5-4-6-16(11-14)22-3/h4-12H,1-3H3/t12-/m0/s1. The first-order chi connectivity index (χ1) is 11.0. The molecule has 0 aliphatic heterocycles. The molecule has 0 aromatic heterocycles. The average molecular weight is 314 g/mol. The molecule has 0 unspecified atom stereocenters. The molecule has 1 atom stereocenters. The van der Waals surface area contributed by atoms with E-state index in [1.807, 2.05) is 0 Å². The third-order valence-corrected chi connectivity index (χ3v) is 3.33. The second-order valence-electron chi connectivity index (χ2n) is 4.87. The molecule has 0 aliphatic carbocycles. The van der Waals surface area contributed by atoms with Gasteiger partial charge in [-0.2, -0.15) is 0 Å². The lowest BCUT2D eigenvalue weighted by atomic mass is 10.1. The van der Waals surface area contributed by atoms with E-state index in [0.29, 0.717) is 22.6 Å². The topological polar surface area (TPSA) is 61.8 Å². The quantitative estimate of drug-likeness (QED) is 0.605. The summed E-state index contributed by atoms with van der Waals surface area (Å²) in [7, 11) is 3.07. The predicted molar refractivity (Wildman–Crippen MR) is 85.2 cm³/mol. The van der Waals surface area contributed by atoms with Crippen LogP contribution in [0.1, 0.15) is 27.6 Å². The lowest BCUT2D eigenvalue weighted by Crippen LogP contribution is -2.24. The van der Waals surface area contributed by atoms with Crippen LogP contribution in [0, 0.1) is 0 Å². The van der Waals surface area contributed by atoms with Crippen molar-refractivity contribution in [1.82, 2.24) is 0 Å². The van der Waals surface area contributed by atoms with Crippen molar-refractivity contribution in [3.8, 4) is 11.5 Å². The molecule has 2 aromatic rings. The number of hydrogen-bond donors (Lipinski definition) is 0. The average Bonchev–Trinajstić information content (AvgIpc) is 2.61. The number of ether oxygens (including phenoxy) is 3. The van der Waals surface area contributed by atoms with Crippen LogP contribution in [-0.4, -0.2) is 32.1 Å². The van der Waals surface area contributed by atoms with E-state index in [1.165, 1.54) is 7.11 Å². The van der Waals surface area contributed by atoms with Crippen molar-refractivity contribution in [2.75, 3.05) is 14.2 Å². The second kappa shape index (κ2) is 7.45. The van der Waals surface area contributed by atoms with Crippen molar-refractivity contribution < 1.29 is 23.8 Å². The van der Waals surface area contributed by atoms with E-state index in [1.54, 1.807) is 62.6 Å². The van der Waals surface area contributed by atoms with Gasteiger partial charge in [-0.05, 0) is 49.4 Å². The van der Waals surface area contributed by atoms with Gasteiger partial charge in [-0.25, -0.2) is 4.79 Å². The van der Waals surface area contributed by atoms with Crippen LogP contribution in [0.2, 0.25) is 0 Å². The number of esters is 1. The number of carbonyl (C=O) groups excluding carboxylic acids is 2. The summed E-state index contributed by atoms with van der Waals surface area (Å²) in [6, 6.07) is 13.2. The molecule has 0 aliphatic rings. The lowest BCUT2D eigenvalue weighted by molar-refractivity contribution is 0.0318. The normalized spacial score (nSPS) is 11.4. The van der Waals surface area contributed by atoms with Crippen LogP contribution in [0.25, 0.3) is 0 Å². The van der Waals surface area contributed by atoms with Crippen LogP contribution in [0.4, 0.5) is 0 Å². The first-order valence-corrected chi connectivity index (χ1v) is 7.08. The highest BCUT2D eigenvalue weighted by atomic mass is 16.5. The van der Waals surface area contributed by atoms with E-state index < -0.39 is 12.1 Å². The van der Waals surface area contributed by atoms with Gasteiger partial charge in [0.2, 0.25) is 5.78 Å². The Balaban J connectivity index is 2.05. The zero-order chi connectivity index (χ0) is 16.8. The van der Waals surface area contributed by atoms with Crippen LogP contribution < -0.4 is 9.47 Å². The Bertz CT molecular complexity index is 691. The van der Waals surface area contributed by atoms with Gasteiger partial charge in [-0.3, -0.25) is 4.79 Å². The lowest BCUT2D eigenvalue weighted by Gasteiger charge is -2.13. The van der Waals surface area contributed by atoms with E-state index in [4.69, 9.17) is 14.2 Å². The zero-order valence-corrected chi connectivity index (χ0v) is 13.2. The second-order valence-corrected chi connectivity index (χ2v) is 4.87. The number of rotatable bonds is 6. The highest BCUT2D eigenvalue weighted by Gasteiger charge is 2.20. The van der Waals surface area contributed by atoms with Crippen LogP contribution in [0.5, 0.6) is 11.5 Å². The van der Waals surface area contributed by atoms with Crippen molar-refractivity contribution in [2.24, 2.45) is 0 Å². The molecule has 2 aromatic carbocycles. The number of carbonyl (C=O) groups is 2. The van der Waals surface area contributed by atoms with E-state index >= 15 is 0 Å². The number of methoxy groups -OCH3 is 2. The molecule has 0 amide bonds.